The van der Waals surface area contributed by atoms with E-state index in [1.165, 1.54) is 22.9 Å². The number of aromatic nitrogens is 1. The molecule has 0 amide bonds. The van der Waals surface area contributed by atoms with E-state index in [1.54, 1.807) is 6.92 Å². The van der Waals surface area contributed by atoms with Crippen LogP contribution in [0.4, 0.5) is 0 Å². The minimum atomic E-state index is -0.667. The zero-order valence-corrected chi connectivity index (χ0v) is 10.9. The lowest BCUT2D eigenvalue weighted by Crippen LogP contribution is -2.29. The normalized spacial score (nSPS) is 12.5. The lowest BCUT2D eigenvalue weighted by molar-refractivity contribution is -0.148. The lowest BCUT2D eigenvalue weighted by Gasteiger charge is -2.15. The van der Waals surface area contributed by atoms with Crippen molar-refractivity contribution in [3.05, 3.63) is 33.7 Å². The minimum Gasteiger partial charge on any atom is -0.464 e. The van der Waals surface area contributed by atoms with Crippen molar-refractivity contribution in [2.75, 3.05) is 6.61 Å². The molecule has 1 heterocycles. The molecule has 1 unspecified atom stereocenters. The Labute approximate surface area is 105 Å². The third kappa shape index (κ3) is 3.89. The highest BCUT2D eigenvalue weighted by Gasteiger charge is 2.17. The van der Waals surface area contributed by atoms with Gasteiger partial charge in [-0.05, 0) is 18.9 Å². The first kappa shape index (κ1) is 13.8. The molecule has 5 heteroatoms. The summed E-state index contributed by atoms with van der Waals surface area (Å²) in [5, 5.41) is 0.410. The third-order valence-electron chi connectivity index (χ3n) is 2.22. The number of carbonyl (C=O) groups is 1. The largest absolute Gasteiger partial charge is 0.464 e. The molecule has 0 spiro atoms. The molecule has 1 rings (SSSR count). The Hall–Kier alpha value is -1.29. The molecule has 1 aromatic heterocycles. The van der Waals surface area contributed by atoms with Gasteiger partial charge in [-0.25, -0.2) is 4.79 Å². The van der Waals surface area contributed by atoms with Crippen molar-refractivity contribution in [2.24, 2.45) is 5.92 Å². The summed E-state index contributed by atoms with van der Waals surface area (Å²) in [7, 11) is 0. The van der Waals surface area contributed by atoms with Gasteiger partial charge in [-0.15, -0.1) is 0 Å². The third-order valence-corrected chi connectivity index (χ3v) is 2.44. The maximum Gasteiger partial charge on any atom is 0.328 e. The average molecular weight is 258 g/mol. The number of halogens is 1. The van der Waals surface area contributed by atoms with Gasteiger partial charge in [0.15, 0.2) is 0 Å². The van der Waals surface area contributed by atoms with Crippen molar-refractivity contribution < 1.29 is 9.53 Å². The van der Waals surface area contributed by atoms with E-state index in [2.05, 4.69) is 0 Å². The fourth-order valence-electron chi connectivity index (χ4n) is 1.26. The van der Waals surface area contributed by atoms with Crippen molar-refractivity contribution in [1.82, 2.24) is 4.57 Å². The van der Waals surface area contributed by atoms with Crippen LogP contribution >= 0.6 is 11.6 Å². The van der Waals surface area contributed by atoms with Crippen LogP contribution in [-0.4, -0.2) is 17.1 Å². The molecule has 0 N–H and O–H groups in total. The predicted molar refractivity (Wildman–Crippen MR) is 66.2 cm³/mol. The molecule has 0 aliphatic rings. The van der Waals surface area contributed by atoms with E-state index in [1.807, 2.05) is 13.8 Å². The number of ether oxygens (including phenoxy) is 1. The summed E-state index contributed by atoms with van der Waals surface area (Å²) in [6.07, 6.45) is 1.44. The second-order valence-electron chi connectivity index (χ2n) is 4.29. The van der Waals surface area contributed by atoms with E-state index >= 15 is 0 Å². The summed E-state index contributed by atoms with van der Waals surface area (Å²) in [6, 6.07) is 2.15. The fourth-order valence-corrected chi connectivity index (χ4v) is 1.43. The van der Waals surface area contributed by atoms with Crippen molar-refractivity contribution in [1.29, 1.82) is 0 Å². The molecule has 0 saturated carbocycles. The monoisotopic (exact) mass is 257 g/mol. The molecule has 17 heavy (non-hydrogen) atoms. The number of rotatable bonds is 4. The molecule has 0 aliphatic heterocycles. The van der Waals surface area contributed by atoms with E-state index in [-0.39, 0.29) is 11.5 Å². The maximum absolute atomic E-state index is 11.7. The van der Waals surface area contributed by atoms with Gasteiger partial charge in [0.2, 0.25) is 0 Å². The highest BCUT2D eigenvalue weighted by Crippen LogP contribution is 2.10. The van der Waals surface area contributed by atoms with E-state index in [0.29, 0.717) is 11.6 Å². The lowest BCUT2D eigenvalue weighted by atomic mass is 10.2. The molecular weight excluding hydrogens is 242 g/mol. The van der Waals surface area contributed by atoms with Gasteiger partial charge < -0.3 is 9.30 Å². The quantitative estimate of drug-likeness (QED) is 0.778. The summed E-state index contributed by atoms with van der Waals surface area (Å²) >= 11 is 5.78. The highest BCUT2D eigenvalue weighted by molar-refractivity contribution is 6.30. The number of hydrogen-bond acceptors (Lipinski definition) is 3. The smallest absolute Gasteiger partial charge is 0.328 e. The molecule has 0 bridgehead atoms. The van der Waals surface area contributed by atoms with Crippen LogP contribution in [0.1, 0.15) is 26.8 Å². The Kier molecular flexibility index (Phi) is 4.75. The van der Waals surface area contributed by atoms with Crippen molar-refractivity contribution in [3.63, 3.8) is 0 Å². The van der Waals surface area contributed by atoms with Crippen molar-refractivity contribution >= 4 is 17.6 Å². The molecule has 1 aromatic rings. The van der Waals surface area contributed by atoms with Crippen LogP contribution in [-0.2, 0) is 9.53 Å². The van der Waals surface area contributed by atoms with Crippen LogP contribution in [0.3, 0.4) is 0 Å². The predicted octanol–water partition coefficient (Wildman–Crippen LogP) is 2.26. The number of nitrogens with zero attached hydrogens (tertiary/aromatic N) is 1. The zero-order chi connectivity index (χ0) is 13.0. The molecule has 4 nitrogen and oxygen atoms in total. The number of esters is 1. The summed E-state index contributed by atoms with van der Waals surface area (Å²) in [5.41, 5.74) is -0.275. The van der Waals surface area contributed by atoms with Crippen LogP contribution in [0.5, 0.6) is 0 Å². The minimum absolute atomic E-state index is 0.266. The molecule has 0 fully saturated rings. The topological polar surface area (TPSA) is 48.3 Å². The first-order valence-corrected chi connectivity index (χ1v) is 5.84. The number of pyridine rings is 1. The van der Waals surface area contributed by atoms with Crippen molar-refractivity contribution in [2.45, 2.75) is 26.8 Å². The second-order valence-corrected chi connectivity index (χ2v) is 4.73. The Bertz CT molecular complexity index is 453. The molecule has 0 aromatic carbocycles. The standard InChI is InChI=1S/C12H16ClNO3/c1-8(2)7-17-12(16)9(3)14-6-10(13)4-5-11(14)15/h4-6,8-9H,7H2,1-3H3. The molecule has 0 saturated heterocycles. The zero-order valence-electron chi connectivity index (χ0n) is 10.1. The maximum atomic E-state index is 11.7. The summed E-state index contributed by atoms with van der Waals surface area (Å²) in [4.78, 5) is 23.2. The SMILES string of the molecule is CC(C)COC(=O)C(C)n1cc(Cl)ccc1=O. The van der Waals surface area contributed by atoms with Gasteiger partial charge in [0, 0.05) is 12.3 Å². The Morgan fingerprint density at radius 3 is 2.65 bits per heavy atom. The number of carbonyl (C=O) groups excluding carboxylic acids is 1. The first-order valence-electron chi connectivity index (χ1n) is 5.46. The van der Waals surface area contributed by atoms with Crippen LogP contribution in [0.2, 0.25) is 5.02 Å². The second kappa shape index (κ2) is 5.87. The van der Waals surface area contributed by atoms with Crippen molar-refractivity contribution in [3.8, 4) is 0 Å². The Morgan fingerprint density at radius 2 is 2.06 bits per heavy atom. The van der Waals surface area contributed by atoms with E-state index in [0.717, 1.165) is 0 Å². The molecular formula is C12H16ClNO3. The first-order chi connectivity index (χ1) is 7.91. The number of hydrogen-bond donors (Lipinski definition) is 0. The molecule has 0 aliphatic carbocycles. The Balaban J connectivity index is 2.81. The van der Waals surface area contributed by atoms with Crippen LogP contribution in [0, 0.1) is 5.92 Å². The highest BCUT2D eigenvalue weighted by atomic mass is 35.5. The van der Waals surface area contributed by atoms with E-state index in [4.69, 9.17) is 16.3 Å². The van der Waals surface area contributed by atoms with Gasteiger partial charge in [0.25, 0.3) is 5.56 Å². The molecule has 1 atom stereocenters. The van der Waals surface area contributed by atoms with Gasteiger partial charge in [0.1, 0.15) is 6.04 Å². The summed E-state index contributed by atoms with van der Waals surface area (Å²) < 4.78 is 6.34. The van der Waals surface area contributed by atoms with Gasteiger partial charge in [0.05, 0.1) is 11.6 Å². The van der Waals surface area contributed by atoms with Gasteiger partial charge in [-0.3, -0.25) is 4.79 Å². The van der Waals surface area contributed by atoms with Gasteiger partial charge >= 0.3 is 5.97 Å². The summed E-state index contributed by atoms with van der Waals surface area (Å²) in [6.45, 7) is 5.85. The van der Waals surface area contributed by atoms with Crippen LogP contribution in [0.15, 0.2) is 23.1 Å². The van der Waals surface area contributed by atoms with E-state index in [9.17, 15) is 9.59 Å². The fraction of sp³-hybridized carbons (Fsp3) is 0.500. The van der Waals surface area contributed by atoms with E-state index < -0.39 is 12.0 Å². The molecule has 94 valence electrons. The molecule has 0 radical (unpaired) electrons. The Morgan fingerprint density at radius 1 is 1.41 bits per heavy atom. The average Bonchev–Trinajstić information content (AvgIpc) is 2.28. The van der Waals surface area contributed by atoms with Crippen LogP contribution < -0.4 is 5.56 Å². The van der Waals surface area contributed by atoms with Gasteiger partial charge in [-0.2, -0.15) is 0 Å². The van der Waals surface area contributed by atoms with Gasteiger partial charge in [-0.1, -0.05) is 25.4 Å². The van der Waals surface area contributed by atoms with Crippen LogP contribution in [0.25, 0.3) is 0 Å². The summed E-state index contributed by atoms with van der Waals surface area (Å²) in [5.74, 6) is -0.162.